The number of nitrogens with one attached hydrogen (secondary N) is 2. The molecule has 84 valence electrons. The highest BCUT2D eigenvalue weighted by molar-refractivity contribution is 5.83. The second-order valence-electron chi connectivity index (χ2n) is 4.15. The van der Waals surface area contributed by atoms with Gasteiger partial charge in [-0.1, -0.05) is 0 Å². The molecule has 15 heavy (non-hydrogen) atoms. The molecule has 0 aromatic carbocycles. The third-order valence-electron chi connectivity index (χ3n) is 1.41. The Morgan fingerprint density at radius 3 is 2.33 bits per heavy atom. The Morgan fingerprint density at radius 2 is 2.00 bits per heavy atom. The number of carboxylic acids is 1. The largest absolute Gasteiger partial charge is 0.480 e. The molecule has 1 atom stereocenters. The van der Waals surface area contributed by atoms with Gasteiger partial charge in [-0.15, -0.1) is 12.3 Å². The monoisotopic (exact) mass is 212 g/mol. The van der Waals surface area contributed by atoms with Crippen LogP contribution in [0, 0.1) is 12.3 Å². The van der Waals surface area contributed by atoms with Crippen LogP contribution in [-0.2, 0) is 4.79 Å². The van der Waals surface area contributed by atoms with E-state index >= 15 is 0 Å². The number of rotatable bonds is 3. The number of hydrogen-bond donors (Lipinski definition) is 3. The molecule has 1 unspecified atom stereocenters. The molecule has 2 amide bonds. The first kappa shape index (κ1) is 13.3. The molecule has 0 radical (unpaired) electrons. The molecule has 0 saturated heterocycles. The number of aliphatic carboxylic acids is 1. The van der Waals surface area contributed by atoms with E-state index in [-0.39, 0.29) is 6.42 Å². The van der Waals surface area contributed by atoms with Gasteiger partial charge in [-0.05, 0) is 20.8 Å². The average molecular weight is 212 g/mol. The predicted octanol–water partition coefficient (Wildman–Crippen LogP) is 0.561. The van der Waals surface area contributed by atoms with Gasteiger partial charge in [0.1, 0.15) is 6.04 Å². The van der Waals surface area contributed by atoms with E-state index in [2.05, 4.69) is 16.6 Å². The third-order valence-corrected chi connectivity index (χ3v) is 1.41. The summed E-state index contributed by atoms with van der Waals surface area (Å²) in [6.07, 6.45) is 4.95. The first-order valence-corrected chi connectivity index (χ1v) is 4.51. The molecule has 0 aliphatic rings. The van der Waals surface area contributed by atoms with Gasteiger partial charge in [0.2, 0.25) is 0 Å². The molecule has 0 aliphatic heterocycles. The minimum atomic E-state index is -1.14. The van der Waals surface area contributed by atoms with Crippen LogP contribution in [0.1, 0.15) is 27.2 Å². The molecule has 0 spiro atoms. The Labute approximate surface area is 89.2 Å². The number of urea groups is 1. The van der Waals surface area contributed by atoms with Gasteiger partial charge >= 0.3 is 12.0 Å². The summed E-state index contributed by atoms with van der Waals surface area (Å²) in [4.78, 5) is 21.9. The molecule has 0 heterocycles. The summed E-state index contributed by atoms with van der Waals surface area (Å²) in [6, 6.07) is -1.58. The first-order chi connectivity index (χ1) is 6.76. The maximum Gasteiger partial charge on any atom is 0.327 e. The van der Waals surface area contributed by atoms with Gasteiger partial charge in [-0.25, -0.2) is 9.59 Å². The van der Waals surface area contributed by atoms with E-state index in [1.807, 2.05) is 0 Å². The highest BCUT2D eigenvalue weighted by Crippen LogP contribution is 1.98. The lowest BCUT2D eigenvalue weighted by Gasteiger charge is -2.22. The molecular formula is C10H16N2O3. The van der Waals surface area contributed by atoms with E-state index in [1.165, 1.54) is 0 Å². The Morgan fingerprint density at radius 1 is 1.47 bits per heavy atom. The van der Waals surface area contributed by atoms with Crippen LogP contribution in [0.3, 0.4) is 0 Å². The molecule has 0 rings (SSSR count). The highest BCUT2D eigenvalue weighted by atomic mass is 16.4. The molecule has 0 aromatic rings. The molecule has 0 aliphatic carbocycles. The second kappa shape index (κ2) is 5.25. The van der Waals surface area contributed by atoms with Crippen LogP contribution in [0.5, 0.6) is 0 Å². The molecule has 0 saturated carbocycles. The average Bonchev–Trinajstić information content (AvgIpc) is 1.99. The molecule has 5 heteroatoms. The van der Waals surface area contributed by atoms with Crippen LogP contribution < -0.4 is 10.6 Å². The van der Waals surface area contributed by atoms with E-state index in [1.54, 1.807) is 20.8 Å². The van der Waals surface area contributed by atoms with Crippen molar-refractivity contribution >= 4 is 12.0 Å². The molecule has 5 nitrogen and oxygen atoms in total. The second-order valence-corrected chi connectivity index (χ2v) is 4.15. The lowest BCUT2D eigenvalue weighted by Crippen LogP contribution is -2.51. The highest BCUT2D eigenvalue weighted by Gasteiger charge is 2.21. The number of carbonyl (C=O) groups is 2. The lowest BCUT2D eigenvalue weighted by molar-refractivity contribution is -0.139. The van der Waals surface area contributed by atoms with Crippen molar-refractivity contribution < 1.29 is 14.7 Å². The standard InChI is InChI=1S/C10H16N2O3/c1-5-6-7(8(13)14)11-9(15)12-10(2,3)4/h1,7H,6H2,2-4H3,(H,13,14)(H2,11,12,15). The minimum absolute atomic E-state index is 0.0348. The topological polar surface area (TPSA) is 78.4 Å². The number of hydrogen-bond acceptors (Lipinski definition) is 2. The van der Waals surface area contributed by atoms with Crippen molar-refractivity contribution in [3.63, 3.8) is 0 Å². The van der Waals surface area contributed by atoms with Gasteiger partial charge in [-0.2, -0.15) is 0 Å². The zero-order valence-electron chi connectivity index (χ0n) is 9.13. The number of amides is 2. The van der Waals surface area contributed by atoms with Crippen molar-refractivity contribution in [3.8, 4) is 12.3 Å². The van der Waals surface area contributed by atoms with E-state index < -0.39 is 23.6 Å². The number of terminal acetylenes is 1. The van der Waals surface area contributed by atoms with Crippen LogP contribution >= 0.6 is 0 Å². The molecule has 0 fully saturated rings. The lowest BCUT2D eigenvalue weighted by atomic mass is 10.1. The van der Waals surface area contributed by atoms with Gasteiger partial charge in [0.15, 0.2) is 0 Å². The summed E-state index contributed by atoms with van der Waals surface area (Å²) in [5.74, 6) is 1.05. The van der Waals surface area contributed by atoms with Gasteiger partial charge in [0.25, 0.3) is 0 Å². The maximum absolute atomic E-state index is 11.3. The Kier molecular flexibility index (Phi) is 4.65. The predicted molar refractivity (Wildman–Crippen MR) is 56.3 cm³/mol. The fraction of sp³-hybridized carbons (Fsp3) is 0.600. The van der Waals surface area contributed by atoms with Crippen molar-refractivity contribution in [3.05, 3.63) is 0 Å². The normalized spacial score (nSPS) is 12.4. The molecule has 3 N–H and O–H groups in total. The zero-order valence-corrected chi connectivity index (χ0v) is 9.13. The smallest absolute Gasteiger partial charge is 0.327 e. The Bertz CT molecular complexity index is 286. The Hall–Kier alpha value is -1.70. The van der Waals surface area contributed by atoms with Gasteiger partial charge in [0, 0.05) is 12.0 Å². The van der Waals surface area contributed by atoms with Crippen LogP contribution in [0.15, 0.2) is 0 Å². The van der Waals surface area contributed by atoms with E-state index in [0.29, 0.717) is 0 Å². The summed E-state index contributed by atoms with van der Waals surface area (Å²) in [7, 11) is 0. The van der Waals surface area contributed by atoms with Crippen molar-refractivity contribution in [2.24, 2.45) is 0 Å². The fourth-order valence-electron chi connectivity index (χ4n) is 0.853. The van der Waals surface area contributed by atoms with Crippen LogP contribution in [0.4, 0.5) is 4.79 Å². The van der Waals surface area contributed by atoms with Crippen LogP contribution in [-0.4, -0.2) is 28.7 Å². The van der Waals surface area contributed by atoms with Gasteiger partial charge in [0.05, 0.1) is 0 Å². The SMILES string of the molecule is C#CCC(NC(=O)NC(C)(C)C)C(=O)O. The van der Waals surface area contributed by atoms with Crippen molar-refractivity contribution in [2.45, 2.75) is 38.8 Å². The van der Waals surface area contributed by atoms with Crippen molar-refractivity contribution in [1.29, 1.82) is 0 Å². The van der Waals surface area contributed by atoms with Gasteiger partial charge in [-0.3, -0.25) is 0 Å². The molecule has 0 bridgehead atoms. The third kappa shape index (κ3) is 6.38. The van der Waals surface area contributed by atoms with Crippen LogP contribution in [0.25, 0.3) is 0 Å². The fourth-order valence-corrected chi connectivity index (χ4v) is 0.853. The maximum atomic E-state index is 11.3. The first-order valence-electron chi connectivity index (χ1n) is 4.51. The van der Waals surface area contributed by atoms with Crippen molar-refractivity contribution in [2.75, 3.05) is 0 Å². The molecule has 0 aromatic heterocycles. The zero-order chi connectivity index (χ0) is 12.1. The number of carbonyl (C=O) groups excluding carboxylic acids is 1. The van der Waals surface area contributed by atoms with Crippen LogP contribution in [0.2, 0.25) is 0 Å². The summed E-state index contributed by atoms with van der Waals surface area (Å²) < 4.78 is 0. The van der Waals surface area contributed by atoms with E-state index in [0.717, 1.165) is 0 Å². The van der Waals surface area contributed by atoms with E-state index in [9.17, 15) is 9.59 Å². The van der Waals surface area contributed by atoms with Gasteiger partial charge < -0.3 is 15.7 Å². The quantitative estimate of drug-likeness (QED) is 0.598. The summed E-state index contributed by atoms with van der Waals surface area (Å²) >= 11 is 0. The summed E-state index contributed by atoms with van der Waals surface area (Å²) in [5.41, 5.74) is -0.413. The Balaban J connectivity index is 4.25. The summed E-state index contributed by atoms with van der Waals surface area (Å²) in [5, 5.41) is 13.6. The number of carboxylic acid groups (broad SMARTS) is 1. The van der Waals surface area contributed by atoms with Crippen molar-refractivity contribution in [1.82, 2.24) is 10.6 Å². The molecular weight excluding hydrogens is 196 g/mol. The minimum Gasteiger partial charge on any atom is -0.480 e. The van der Waals surface area contributed by atoms with E-state index in [4.69, 9.17) is 11.5 Å². The summed E-state index contributed by atoms with van der Waals surface area (Å²) in [6.45, 7) is 5.39.